The van der Waals surface area contributed by atoms with Gasteiger partial charge in [0.15, 0.2) is 0 Å². The summed E-state index contributed by atoms with van der Waals surface area (Å²) < 4.78 is 15.6. The number of aliphatic hydroxyl groups is 1. The van der Waals surface area contributed by atoms with E-state index in [1.807, 2.05) is 18.7 Å². The molecular weight excluding hydrogens is 418 g/mol. The van der Waals surface area contributed by atoms with E-state index in [0.717, 1.165) is 57.4 Å². The second-order valence-corrected chi connectivity index (χ2v) is 8.99. The van der Waals surface area contributed by atoms with E-state index >= 15 is 0 Å². The number of hydrogen-bond donors (Lipinski definition) is 1. The monoisotopic (exact) mass is 453 g/mol. The van der Waals surface area contributed by atoms with Crippen LogP contribution in [-0.4, -0.2) is 45.2 Å². The van der Waals surface area contributed by atoms with Gasteiger partial charge in [0.1, 0.15) is 5.69 Å². The third-order valence-electron chi connectivity index (χ3n) is 6.81. The lowest BCUT2D eigenvalue weighted by atomic mass is 9.91. The summed E-state index contributed by atoms with van der Waals surface area (Å²) in [6.07, 6.45) is 2.37. The molecule has 0 saturated heterocycles. The van der Waals surface area contributed by atoms with Crippen molar-refractivity contribution in [2.75, 3.05) is 19.8 Å². The summed E-state index contributed by atoms with van der Waals surface area (Å²) >= 11 is 0. The molecular formula is C26H35N3O4. The number of esters is 1. The topological polar surface area (TPSA) is 78.5 Å². The minimum Gasteiger partial charge on any atom is -0.461 e. The summed E-state index contributed by atoms with van der Waals surface area (Å²) in [6, 6.07) is 4.25. The zero-order valence-electron chi connectivity index (χ0n) is 20.4. The predicted molar refractivity (Wildman–Crippen MR) is 129 cm³/mol. The van der Waals surface area contributed by atoms with E-state index in [4.69, 9.17) is 14.6 Å². The molecule has 7 heteroatoms. The Hall–Kier alpha value is -2.64. The van der Waals surface area contributed by atoms with Gasteiger partial charge in [-0.25, -0.2) is 4.79 Å². The third kappa shape index (κ3) is 4.08. The van der Waals surface area contributed by atoms with Crippen LogP contribution in [0.1, 0.15) is 72.0 Å². The highest BCUT2D eigenvalue weighted by Crippen LogP contribution is 2.43. The zero-order valence-corrected chi connectivity index (χ0v) is 20.4. The fraction of sp³-hybridized carbons (Fsp3) is 0.538. The lowest BCUT2D eigenvalue weighted by molar-refractivity contribution is 0.0511. The number of rotatable bonds is 5. The number of carbonyl (C=O) groups excluding carboxylic acids is 1. The Morgan fingerprint density at radius 1 is 1.27 bits per heavy atom. The molecule has 0 amide bonds. The second kappa shape index (κ2) is 9.69. The molecule has 3 aromatic rings. The van der Waals surface area contributed by atoms with Gasteiger partial charge in [-0.2, -0.15) is 5.10 Å². The Kier molecular flexibility index (Phi) is 6.91. The minimum absolute atomic E-state index is 0.0133. The Bertz CT molecular complexity index is 1170. The number of aromatic nitrogens is 3. The van der Waals surface area contributed by atoms with Crippen molar-refractivity contribution in [3.63, 3.8) is 0 Å². The summed E-state index contributed by atoms with van der Waals surface area (Å²) in [7, 11) is 1.96. The predicted octanol–water partition coefficient (Wildman–Crippen LogP) is 4.63. The SMILES string of the molecule is CCOC(=O)c1c(C(C)CCO)c2ccc(C)c3c2n1CCCCOCc1nn(C)c(C)c1-3. The molecule has 3 heterocycles. The van der Waals surface area contributed by atoms with Crippen LogP contribution in [0.4, 0.5) is 0 Å². The molecule has 1 aliphatic rings. The van der Waals surface area contributed by atoms with Crippen molar-refractivity contribution >= 4 is 16.9 Å². The maximum atomic E-state index is 13.3. The standard InChI is InChI=1S/C26H35N3O4/c1-6-33-26(31)25-21(17(3)11-13-30)19-10-9-16(2)22-23-18(4)28(5)27-20(23)15-32-14-8-7-12-29(25)24(19)22/h9-10,17,30H,6-8,11-15H2,1-5H3. The van der Waals surface area contributed by atoms with Crippen LogP contribution < -0.4 is 0 Å². The third-order valence-corrected chi connectivity index (χ3v) is 6.81. The van der Waals surface area contributed by atoms with Crippen molar-refractivity contribution in [1.82, 2.24) is 14.3 Å². The molecule has 4 rings (SSSR count). The molecule has 33 heavy (non-hydrogen) atoms. The van der Waals surface area contributed by atoms with E-state index in [9.17, 15) is 9.90 Å². The molecule has 0 fully saturated rings. The van der Waals surface area contributed by atoms with Crippen molar-refractivity contribution in [3.05, 3.63) is 40.3 Å². The summed E-state index contributed by atoms with van der Waals surface area (Å²) in [5.41, 5.74) is 7.94. The van der Waals surface area contributed by atoms with Crippen molar-refractivity contribution in [1.29, 1.82) is 0 Å². The van der Waals surface area contributed by atoms with E-state index in [1.54, 1.807) is 0 Å². The number of aryl methyl sites for hydroxylation is 3. The van der Waals surface area contributed by atoms with Gasteiger partial charge >= 0.3 is 5.97 Å². The molecule has 0 saturated carbocycles. The fourth-order valence-corrected chi connectivity index (χ4v) is 5.12. The Balaban J connectivity index is 2.15. The Morgan fingerprint density at radius 2 is 2.06 bits per heavy atom. The van der Waals surface area contributed by atoms with Gasteiger partial charge in [0.2, 0.25) is 0 Å². The lowest BCUT2D eigenvalue weighted by Gasteiger charge is -2.15. The van der Waals surface area contributed by atoms with Crippen LogP contribution in [0.3, 0.4) is 0 Å². The number of fused-ring (bicyclic) bond motifs is 2. The van der Waals surface area contributed by atoms with E-state index in [2.05, 4.69) is 37.5 Å². The van der Waals surface area contributed by atoms with Crippen LogP contribution in [0.25, 0.3) is 22.0 Å². The van der Waals surface area contributed by atoms with Crippen molar-refractivity contribution in [2.24, 2.45) is 7.05 Å². The van der Waals surface area contributed by atoms with Crippen molar-refractivity contribution in [3.8, 4) is 11.1 Å². The molecule has 0 aliphatic carbocycles. The van der Waals surface area contributed by atoms with Crippen LogP contribution in [0.5, 0.6) is 0 Å². The first kappa shape index (κ1) is 23.5. The lowest BCUT2D eigenvalue weighted by Crippen LogP contribution is -2.16. The molecule has 0 spiro atoms. The molecule has 2 aromatic heterocycles. The average Bonchev–Trinajstić information content (AvgIpc) is 3.24. The normalized spacial score (nSPS) is 15.2. The summed E-state index contributed by atoms with van der Waals surface area (Å²) in [6.45, 7) is 10.3. The Morgan fingerprint density at radius 3 is 2.79 bits per heavy atom. The number of ether oxygens (including phenoxy) is 2. The number of benzene rings is 1. The van der Waals surface area contributed by atoms with Crippen molar-refractivity contribution < 1.29 is 19.4 Å². The van der Waals surface area contributed by atoms with Gasteiger partial charge in [-0.3, -0.25) is 4.68 Å². The van der Waals surface area contributed by atoms with Gasteiger partial charge in [-0.1, -0.05) is 19.1 Å². The number of hydrogen-bond acceptors (Lipinski definition) is 5. The molecule has 1 aliphatic heterocycles. The Labute approximate surface area is 195 Å². The highest BCUT2D eigenvalue weighted by atomic mass is 16.5. The van der Waals surface area contributed by atoms with Crippen LogP contribution in [0.2, 0.25) is 0 Å². The summed E-state index contributed by atoms with van der Waals surface area (Å²) in [4.78, 5) is 13.3. The quantitative estimate of drug-likeness (QED) is 0.570. The van der Waals surface area contributed by atoms with E-state index in [0.29, 0.717) is 38.5 Å². The van der Waals surface area contributed by atoms with Gasteiger partial charge in [-0.15, -0.1) is 0 Å². The van der Waals surface area contributed by atoms with Gasteiger partial charge in [0.25, 0.3) is 0 Å². The van der Waals surface area contributed by atoms with E-state index in [1.165, 1.54) is 0 Å². The second-order valence-electron chi connectivity index (χ2n) is 8.99. The maximum absolute atomic E-state index is 13.3. The van der Waals surface area contributed by atoms with Gasteiger partial charge in [-0.05, 0) is 57.1 Å². The molecule has 1 atom stereocenters. The van der Waals surface area contributed by atoms with Crippen molar-refractivity contribution in [2.45, 2.75) is 66.0 Å². The van der Waals surface area contributed by atoms with Gasteiger partial charge in [0.05, 0.1) is 24.4 Å². The number of aliphatic hydroxyl groups excluding tert-OH is 1. The zero-order chi connectivity index (χ0) is 23.7. The number of carbonyl (C=O) groups is 1. The van der Waals surface area contributed by atoms with Gasteiger partial charge in [0, 0.05) is 49.0 Å². The fourth-order valence-electron chi connectivity index (χ4n) is 5.12. The van der Waals surface area contributed by atoms with E-state index < -0.39 is 0 Å². The molecule has 0 radical (unpaired) electrons. The molecule has 1 aromatic carbocycles. The highest BCUT2D eigenvalue weighted by molar-refractivity contribution is 6.06. The first-order chi connectivity index (χ1) is 15.9. The average molecular weight is 454 g/mol. The maximum Gasteiger partial charge on any atom is 0.355 e. The van der Waals surface area contributed by atoms with Gasteiger partial charge < -0.3 is 19.1 Å². The first-order valence-corrected chi connectivity index (χ1v) is 11.9. The number of nitrogens with zero attached hydrogens (tertiary/aromatic N) is 3. The molecule has 1 N–H and O–H groups in total. The molecule has 178 valence electrons. The minimum atomic E-state index is -0.300. The largest absolute Gasteiger partial charge is 0.461 e. The molecule has 0 bridgehead atoms. The van der Waals surface area contributed by atoms with Crippen LogP contribution in [-0.2, 0) is 29.7 Å². The molecule has 7 nitrogen and oxygen atoms in total. The first-order valence-electron chi connectivity index (χ1n) is 11.9. The summed E-state index contributed by atoms with van der Waals surface area (Å²) in [5, 5.41) is 15.5. The summed E-state index contributed by atoms with van der Waals surface area (Å²) in [5.74, 6) is -0.286. The van der Waals surface area contributed by atoms with Crippen LogP contribution in [0.15, 0.2) is 12.1 Å². The van der Waals surface area contributed by atoms with E-state index in [-0.39, 0.29) is 18.5 Å². The van der Waals surface area contributed by atoms with Crippen LogP contribution in [0, 0.1) is 13.8 Å². The smallest absolute Gasteiger partial charge is 0.355 e. The highest BCUT2D eigenvalue weighted by Gasteiger charge is 2.30. The van der Waals surface area contributed by atoms with Crippen LogP contribution >= 0.6 is 0 Å². The molecule has 1 unspecified atom stereocenters.